The minimum Gasteiger partial charge on any atom is -0.504 e. The third-order valence-corrected chi connectivity index (χ3v) is 9.25. The largest absolute Gasteiger partial charge is 0.504 e. The van der Waals surface area contributed by atoms with Gasteiger partial charge in [0.25, 0.3) is 0 Å². The molecular weight excluding hydrogens is 652 g/mol. The summed E-state index contributed by atoms with van der Waals surface area (Å²) in [6.07, 6.45) is 3.68. The highest BCUT2D eigenvalue weighted by atomic mass is 127. The SMILES string of the molecule is CCC1=C([C@H](O)CC/C(=C/c2cc(I)c(O)c(OC)c2)CC)[C@H](CO)[C@@H]2C(=O)N(c3cccc(B(O)O)c3)C(=O)[C@@H]2C1. The van der Waals surface area contributed by atoms with Crippen LogP contribution in [0, 0.1) is 21.3 Å². The number of aliphatic hydroxyl groups is 2. The van der Waals surface area contributed by atoms with Crippen molar-refractivity contribution < 1.29 is 39.7 Å². The van der Waals surface area contributed by atoms with E-state index in [1.807, 2.05) is 26.0 Å². The van der Waals surface area contributed by atoms with E-state index in [1.165, 1.54) is 19.2 Å². The van der Waals surface area contributed by atoms with Gasteiger partial charge in [0.15, 0.2) is 11.5 Å². The molecule has 0 radical (unpaired) electrons. The van der Waals surface area contributed by atoms with Gasteiger partial charge in [0.2, 0.25) is 11.8 Å². The maximum Gasteiger partial charge on any atom is 0.488 e. The van der Waals surface area contributed by atoms with Crippen molar-refractivity contribution in [1.82, 2.24) is 0 Å². The summed E-state index contributed by atoms with van der Waals surface area (Å²) in [5, 5.41) is 51.4. The minimum absolute atomic E-state index is 0.0885. The molecule has 42 heavy (non-hydrogen) atoms. The van der Waals surface area contributed by atoms with E-state index in [4.69, 9.17) is 4.74 Å². The maximum atomic E-state index is 13.7. The maximum absolute atomic E-state index is 13.7. The lowest BCUT2D eigenvalue weighted by atomic mass is 9.67. The molecule has 2 aliphatic rings. The molecule has 4 rings (SSSR count). The van der Waals surface area contributed by atoms with Crippen molar-refractivity contribution in [3.63, 3.8) is 0 Å². The van der Waals surface area contributed by atoms with Crippen molar-refractivity contribution in [2.24, 2.45) is 17.8 Å². The summed E-state index contributed by atoms with van der Waals surface area (Å²) in [5.41, 5.74) is 3.88. The molecule has 0 aromatic heterocycles. The highest BCUT2D eigenvalue weighted by Gasteiger charge is 2.55. The van der Waals surface area contributed by atoms with Crippen molar-refractivity contribution in [2.45, 2.75) is 52.1 Å². The number of phenolic OH excluding ortho intramolecular Hbond substituents is 1. The Hall–Kier alpha value is -2.71. The van der Waals surface area contributed by atoms with Crippen LogP contribution in [-0.2, 0) is 9.59 Å². The number of hydrogen-bond acceptors (Lipinski definition) is 8. The fourth-order valence-corrected chi connectivity index (χ4v) is 6.90. The van der Waals surface area contributed by atoms with Gasteiger partial charge >= 0.3 is 7.12 Å². The van der Waals surface area contributed by atoms with Crippen molar-refractivity contribution >= 4 is 58.7 Å². The number of allylic oxidation sites excluding steroid dienone is 2. The first-order valence-electron chi connectivity index (χ1n) is 14.2. The Morgan fingerprint density at radius 3 is 2.55 bits per heavy atom. The molecule has 1 aliphatic heterocycles. The predicted octanol–water partition coefficient (Wildman–Crippen LogP) is 3.14. The van der Waals surface area contributed by atoms with E-state index in [2.05, 4.69) is 22.6 Å². The van der Waals surface area contributed by atoms with Gasteiger partial charge in [-0.3, -0.25) is 14.5 Å². The Morgan fingerprint density at radius 2 is 1.93 bits per heavy atom. The van der Waals surface area contributed by atoms with E-state index in [-0.39, 0.29) is 29.4 Å². The molecule has 1 saturated heterocycles. The van der Waals surface area contributed by atoms with Crippen LogP contribution >= 0.6 is 22.6 Å². The number of halogens is 1. The Labute approximate surface area is 259 Å². The topological polar surface area (TPSA) is 148 Å². The summed E-state index contributed by atoms with van der Waals surface area (Å²) in [5.74, 6) is -2.57. The number of imide groups is 1. The van der Waals surface area contributed by atoms with Gasteiger partial charge in [-0.15, -0.1) is 0 Å². The van der Waals surface area contributed by atoms with Crippen LogP contribution in [0.4, 0.5) is 5.69 Å². The molecule has 0 unspecified atom stereocenters. The number of hydrogen-bond donors (Lipinski definition) is 5. The first kappa shape index (κ1) is 32.2. The van der Waals surface area contributed by atoms with Crippen LogP contribution in [0.15, 0.2) is 53.1 Å². The lowest BCUT2D eigenvalue weighted by Gasteiger charge is -2.36. The molecule has 1 fully saturated rings. The van der Waals surface area contributed by atoms with Crippen molar-refractivity contribution in [1.29, 1.82) is 0 Å². The Morgan fingerprint density at radius 1 is 1.19 bits per heavy atom. The zero-order chi connectivity index (χ0) is 30.7. The van der Waals surface area contributed by atoms with Crippen LogP contribution in [0.5, 0.6) is 11.5 Å². The average Bonchev–Trinajstić information content (AvgIpc) is 3.24. The standard InChI is InChI=1S/C31H37BINO8/c1-4-17(11-18-12-24(33)29(37)26(13-18)42-3)9-10-25(36)27-19(5-2)14-22-28(23(27)16-35)31(39)34(30(22)38)21-8-6-7-20(15-21)32(40)41/h6-8,11-13,15,22-23,25,28,35-37,40-41H,4-5,9-10,14,16H2,1-3H3/b17-11+/t22-,23+,25-,28-/m1/s1. The number of amides is 2. The number of nitrogens with zero attached hydrogens (tertiary/aromatic N) is 1. The second-order valence-corrected chi connectivity index (χ2v) is 11.9. The third kappa shape index (κ3) is 6.30. The van der Waals surface area contributed by atoms with Crippen LogP contribution in [0.25, 0.3) is 6.08 Å². The highest BCUT2D eigenvalue weighted by molar-refractivity contribution is 14.1. The summed E-state index contributed by atoms with van der Waals surface area (Å²) < 4.78 is 5.94. The van der Waals surface area contributed by atoms with E-state index >= 15 is 0 Å². The molecular formula is C31H37BINO8. The quantitative estimate of drug-likeness (QED) is 0.105. The van der Waals surface area contributed by atoms with Crippen LogP contribution in [0.2, 0.25) is 0 Å². The molecule has 4 atom stereocenters. The second-order valence-electron chi connectivity index (χ2n) is 10.8. The summed E-state index contributed by atoms with van der Waals surface area (Å²) >= 11 is 2.05. The molecule has 0 spiro atoms. The van der Waals surface area contributed by atoms with Gasteiger partial charge in [-0.1, -0.05) is 43.2 Å². The third-order valence-electron chi connectivity index (χ3n) is 8.43. The Bertz CT molecular complexity index is 1410. The molecule has 0 bridgehead atoms. The highest BCUT2D eigenvalue weighted by Crippen LogP contribution is 2.48. The number of benzene rings is 2. The molecule has 5 N–H and O–H groups in total. The van der Waals surface area contributed by atoms with Crippen molar-refractivity contribution in [3.05, 3.63) is 62.3 Å². The number of rotatable bonds is 11. The van der Waals surface area contributed by atoms with Crippen LogP contribution < -0.4 is 15.1 Å². The van der Waals surface area contributed by atoms with E-state index < -0.39 is 36.9 Å². The van der Waals surface area contributed by atoms with E-state index in [9.17, 15) is 35.0 Å². The Kier molecular flexibility index (Phi) is 10.5. The van der Waals surface area contributed by atoms with Gasteiger partial charge in [-0.2, -0.15) is 0 Å². The lowest BCUT2D eigenvalue weighted by molar-refractivity contribution is -0.123. The molecule has 0 saturated carbocycles. The van der Waals surface area contributed by atoms with Gasteiger partial charge in [0, 0.05) is 5.92 Å². The summed E-state index contributed by atoms with van der Waals surface area (Å²) in [6.45, 7) is 3.59. The molecule has 2 amide bonds. The number of phenols is 1. The number of carbonyl (C=O) groups excluding carboxylic acids is 2. The normalized spacial score (nSPS) is 21.6. The predicted molar refractivity (Wildman–Crippen MR) is 169 cm³/mol. The zero-order valence-electron chi connectivity index (χ0n) is 24.0. The Balaban J connectivity index is 1.58. The van der Waals surface area contributed by atoms with E-state index in [1.54, 1.807) is 18.2 Å². The number of anilines is 1. The number of carbonyl (C=O) groups is 2. The van der Waals surface area contributed by atoms with Crippen LogP contribution in [0.3, 0.4) is 0 Å². The molecule has 1 heterocycles. The first-order chi connectivity index (χ1) is 20.1. The summed E-state index contributed by atoms with van der Waals surface area (Å²) in [4.78, 5) is 28.3. The lowest BCUT2D eigenvalue weighted by Crippen LogP contribution is -2.39. The molecule has 2 aromatic rings. The monoisotopic (exact) mass is 689 g/mol. The average molecular weight is 689 g/mol. The van der Waals surface area contributed by atoms with E-state index in [0.717, 1.165) is 28.0 Å². The molecule has 11 heteroatoms. The van der Waals surface area contributed by atoms with Gasteiger partial charge in [-0.05, 0) is 95.6 Å². The van der Waals surface area contributed by atoms with Gasteiger partial charge < -0.3 is 30.1 Å². The molecule has 224 valence electrons. The molecule has 1 aliphatic carbocycles. The van der Waals surface area contributed by atoms with Gasteiger partial charge in [-0.25, -0.2) is 0 Å². The molecule has 9 nitrogen and oxygen atoms in total. The molecule has 2 aromatic carbocycles. The van der Waals surface area contributed by atoms with Gasteiger partial charge in [0.05, 0.1) is 40.9 Å². The van der Waals surface area contributed by atoms with E-state index in [0.29, 0.717) is 40.6 Å². The fraction of sp³-hybridized carbons (Fsp3) is 0.419. The van der Waals surface area contributed by atoms with Crippen molar-refractivity contribution in [3.8, 4) is 11.5 Å². The zero-order valence-corrected chi connectivity index (χ0v) is 26.1. The second kappa shape index (κ2) is 13.7. The van der Waals surface area contributed by atoms with Crippen LogP contribution in [-0.4, -0.2) is 64.1 Å². The fourth-order valence-electron chi connectivity index (χ4n) is 6.27. The smallest absolute Gasteiger partial charge is 0.488 e. The first-order valence-corrected chi connectivity index (χ1v) is 15.2. The number of ether oxygens (including phenoxy) is 1. The summed E-state index contributed by atoms with van der Waals surface area (Å²) in [7, 11) is -0.249. The number of aliphatic hydroxyl groups excluding tert-OH is 2. The minimum atomic E-state index is -1.75. The number of fused-ring (bicyclic) bond motifs is 1. The summed E-state index contributed by atoms with van der Waals surface area (Å²) in [6, 6.07) is 9.63. The van der Waals surface area contributed by atoms with Crippen LogP contribution in [0.1, 0.15) is 51.5 Å². The number of aromatic hydroxyl groups is 1. The van der Waals surface area contributed by atoms with Gasteiger partial charge in [0.1, 0.15) is 0 Å². The number of methoxy groups -OCH3 is 1. The van der Waals surface area contributed by atoms with Crippen molar-refractivity contribution in [2.75, 3.05) is 18.6 Å².